The minimum Gasteiger partial charge on any atom is -0.481 e. The zero-order chi connectivity index (χ0) is 10.9. The van der Waals surface area contributed by atoms with Gasteiger partial charge in [-0.2, -0.15) is 0 Å². The van der Waals surface area contributed by atoms with Crippen molar-refractivity contribution >= 4 is 23.4 Å². The Morgan fingerprint density at radius 3 is 2.43 bits per heavy atom. The van der Waals surface area contributed by atoms with Crippen LogP contribution in [-0.2, 0) is 9.59 Å². The van der Waals surface area contributed by atoms with Crippen LogP contribution >= 0.6 is 11.6 Å². The highest BCUT2D eigenvalue weighted by Gasteiger charge is 2.51. The van der Waals surface area contributed by atoms with E-state index in [4.69, 9.17) is 16.7 Å². The lowest BCUT2D eigenvalue weighted by molar-refractivity contribution is -0.148. The van der Waals surface area contributed by atoms with Crippen molar-refractivity contribution in [2.24, 2.45) is 17.3 Å². The summed E-state index contributed by atoms with van der Waals surface area (Å²) in [5.74, 6) is -0.659. The van der Waals surface area contributed by atoms with Crippen LogP contribution < -0.4 is 0 Å². The maximum atomic E-state index is 11.4. The van der Waals surface area contributed by atoms with Crippen LogP contribution in [0.5, 0.6) is 0 Å². The second-order valence-electron chi connectivity index (χ2n) is 4.50. The largest absolute Gasteiger partial charge is 0.481 e. The fourth-order valence-corrected chi connectivity index (χ4v) is 2.40. The molecule has 0 aromatic heterocycles. The quantitative estimate of drug-likeness (QED) is 0.734. The summed E-state index contributed by atoms with van der Waals surface area (Å²) in [5.41, 5.74) is -0.204. The van der Waals surface area contributed by atoms with Gasteiger partial charge in [0.25, 0.3) is 0 Å². The van der Waals surface area contributed by atoms with Crippen molar-refractivity contribution in [1.82, 2.24) is 0 Å². The van der Waals surface area contributed by atoms with Gasteiger partial charge in [0, 0.05) is 12.3 Å². The summed E-state index contributed by atoms with van der Waals surface area (Å²) in [4.78, 5) is 21.9. The van der Waals surface area contributed by atoms with Crippen molar-refractivity contribution < 1.29 is 14.7 Å². The van der Waals surface area contributed by atoms with Gasteiger partial charge in [-0.25, -0.2) is 0 Å². The highest BCUT2D eigenvalue weighted by atomic mass is 35.5. The van der Waals surface area contributed by atoms with Crippen molar-refractivity contribution in [3.05, 3.63) is 0 Å². The summed E-state index contributed by atoms with van der Waals surface area (Å²) >= 11 is 5.47. The molecule has 0 heterocycles. The molecule has 0 radical (unpaired) electrons. The molecular formula is C10H15ClO3. The van der Waals surface area contributed by atoms with E-state index in [0.717, 1.165) is 0 Å². The van der Waals surface area contributed by atoms with Crippen LogP contribution in [0.1, 0.15) is 26.7 Å². The van der Waals surface area contributed by atoms with Crippen LogP contribution in [0.2, 0.25) is 0 Å². The average Bonchev–Trinajstić information content (AvgIpc) is 2.10. The molecule has 0 spiro atoms. The topological polar surface area (TPSA) is 54.4 Å². The van der Waals surface area contributed by atoms with E-state index in [1.165, 1.54) is 0 Å². The first-order valence-electron chi connectivity index (χ1n) is 4.70. The van der Waals surface area contributed by atoms with Crippen LogP contribution in [0.4, 0.5) is 0 Å². The molecule has 2 atom stereocenters. The van der Waals surface area contributed by atoms with Gasteiger partial charge in [0.1, 0.15) is 0 Å². The van der Waals surface area contributed by atoms with Gasteiger partial charge in [-0.15, -0.1) is 11.6 Å². The number of carboxylic acids is 1. The Hall–Kier alpha value is -0.570. The monoisotopic (exact) mass is 218 g/mol. The van der Waals surface area contributed by atoms with E-state index in [1.807, 2.05) is 13.8 Å². The zero-order valence-electron chi connectivity index (χ0n) is 8.42. The van der Waals surface area contributed by atoms with Gasteiger partial charge in [-0.1, -0.05) is 13.8 Å². The van der Waals surface area contributed by atoms with Crippen molar-refractivity contribution in [2.75, 3.05) is 5.88 Å². The first-order chi connectivity index (χ1) is 6.39. The predicted molar refractivity (Wildman–Crippen MR) is 53.4 cm³/mol. The van der Waals surface area contributed by atoms with E-state index in [0.29, 0.717) is 6.42 Å². The molecule has 4 heteroatoms. The lowest BCUT2D eigenvalue weighted by atomic mass is 9.53. The molecule has 1 saturated carbocycles. The Bertz CT molecular complexity index is 260. The maximum Gasteiger partial charge on any atom is 0.303 e. The number of hydrogen-bond acceptors (Lipinski definition) is 2. The minimum absolute atomic E-state index is 0.0356. The average molecular weight is 219 g/mol. The third-order valence-electron chi connectivity index (χ3n) is 3.41. The van der Waals surface area contributed by atoms with Crippen molar-refractivity contribution in [3.8, 4) is 0 Å². The second kappa shape index (κ2) is 3.89. The predicted octanol–water partition coefficient (Wildman–Crippen LogP) is 1.93. The van der Waals surface area contributed by atoms with Crippen LogP contribution in [0.25, 0.3) is 0 Å². The first-order valence-corrected chi connectivity index (χ1v) is 5.23. The Balaban J connectivity index is 2.58. The molecule has 1 rings (SSSR count). The molecule has 0 unspecified atom stereocenters. The highest BCUT2D eigenvalue weighted by molar-refractivity contribution is 6.28. The Morgan fingerprint density at radius 1 is 1.50 bits per heavy atom. The lowest BCUT2D eigenvalue weighted by Crippen LogP contribution is -2.49. The molecule has 14 heavy (non-hydrogen) atoms. The molecule has 0 bridgehead atoms. The summed E-state index contributed by atoms with van der Waals surface area (Å²) in [6, 6.07) is 0. The molecule has 0 aromatic carbocycles. The van der Waals surface area contributed by atoms with Gasteiger partial charge >= 0.3 is 5.97 Å². The van der Waals surface area contributed by atoms with Gasteiger partial charge in [0.2, 0.25) is 0 Å². The SMILES string of the molecule is CC1(C)[C@@H](CC(=O)O)C[C@H]1C(=O)CCl. The van der Waals surface area contributed by atoms with Gasteiger partial charge in [0.15, 0.2) is 5.78 Å². The van der Waals surface area contributed by atoms with Gasteiger partial charge in [-0.05, 0) is 17.8 Å². The van der Waals surface area contributed by atoms with Crippen molar-refractivity contribution in [1.29, 1.82) is 0 Å². The fraction of sp³-hybridized carbons (Fsp3) is 0.800. The van der Waals surface area contributed by atoms with E-state index in [1.54, 1.807) is 0 Å². The molecule has 1 aliphatic carbocycles. The number of halogens is 1. The summed E-state index contributed by atoms with van der Waals surface area (Å²) in [5, 5.41) is 8.65. The number of carboxylic acid groups (broad SMARTS) is 1. The van der Waals surface area contributed by atoms with Gasteiger partial charge in [0.05, 0.1) is 5.88 Å². The minimum atomic E-state index is -0.792. The van der Waals surface area contributed by atoms with E-state index in [-0.39, 0.29) is 35.3 Å². The Morgan fingerprint density at radius 2 is 2.07 bits per heavy atom. The van der Waals surface area contributed by atoms with Crippen LogP contribution in [0.3, 0.4) is 0 Å². The summed E-state index contributed by atoms with van der Waals surface area (Å²) < 4.78 is 0. The number of carbonyl (C=O) groups excluding carboxylic acids is 1. The Kier molecular flexibility index (Phi) is 3.20. The maximum absolute atomic E-state index is 11.4. The van der Waals surface area contributed by atoms with Crippen molar-refractivity contribution in [2.45, 2.75) is 26.7 Å². The third-order valence-corrected chi connectivity index (χ3v) is 3.68. The molecule has 3 nitrogen and oxygen atoms in total. The number of carbonyl (C=O) groups is 2. The number of aliphatic carboxylic acids is 1. The van der Waals surface area contributed by atoms with Crippen LogP contribution in [0.15, 0.2) is 0 Å². The fourth-order valence-electron chi connectivity index (χ4n) is 2.21. The molecule has 1 fully saturated rings. The molecular weight excluding hydrogens is 204 g/mol. The zero-order valence-corrected chi connectivity index (χ0v) is 9.17. The van der Waals surface area contributed by atoms with Crippen molar-refractivity contribution in [3.63, 3.8) is 0 Å². The first kappa shape index (κ1) is 11.5. The molecule has 80 valence electrons. The van der Waals surface area contributed by atoms with E-state index >= 15 is 0 Å². The molecule has 0 saturated heterocycles. The summed E-state index contributed by atoms with van der Waals surface area (Å²) in [6.07, 6.45) is 0.823. The number of alkyl halides is 1. The second-order valence-corrected chi connectivity index (χ2v) is 4.77. The van der Waals surface area contributed by atoms with Gasteiger partial charge < -0.3 is 5.11 Å². The normalized spacial score (nSPS) is 29.4. The van der Waals surface area contributed by atoms with E-state index in [9.17, 15) is 9.59 Å². The standard InChI is InChI=1S/C10H15ClO3/c1-10(2)6(4-9(13)14)3-7(10)8(12)5-11/h6-7H,3-5H2,1-2H3,(H,13,14)/t6-,7+/m1/s1. The molecule has 1 aliphatic rings. The smallest absolute Gasteiger partial charge is 0.303 e. The number of hydrogen-bond donors (Lipinski definition) is 1. The number of rotatable bonds is 4. The van der Waals surface area contributed by atoms with E-state index < -0.39 is 5.97 Å². The highest BCUT2D eigenvalue weighted by Crippen LogP contribution is 2.53. The number of ketones is 1. The molecule has 0 aromatic rings. The lowest BCUT2D eigenvalue weighted by Gasteiger charge is -2.50. The van der Waals surface area contributed by atoms with Crippen LogP contribution in [-0.4, -0.2) is 22.7 Å². The third kappa shape index (κ3) is 1.92. The Labute approximate surface area is 88.4 Å². The summed E-state index contributed by atoms with van der Waals surface area (Å²) in [6.45, 7) is 3.89. The van der Waals surface area contributed by atoms with Gasteiger partial charge in [-0.3, -0.25) is 9.59 Å². The molecule has 0 aliphatic heterocycles. The summed E-state index contributed by atoms with van der Waals surface area (Å²) in [7, 11) is 0. The van der Waals surface area contributed by atoms with Crippen LogP contribution in [0, 0.1) is 17.3 Å². The molecule has 0 amide bonds. The van der Waals surface area contributed by atoms with E-state index in [2.05, 4.69) is 0 Å². The molecule has 1 N–H and O–H groups in total. The number of Topliss-reactive ketones (excluding diaryl/α,β-unsaturated/α-hetero) is 1.